The Labute approximate surface area is 345 Å². The maximum absolute atomic E-state index is 16.2. The van der Waals surface area contributed by atoms with E-state index in [0.29, 0.717) is 10.8 Å². The van der Waals surface area contributed by atoms with Crippen LogP contribution in [-0.4, -0.2) is 7.11 Å². The first kappa shape index (κ1) is 35.0. The maximum Gasteiger partial charge on any atom is 0.415 e. The lowest BCUT2D eigenvalue weighted by Crippen LogP contribution is -2.51. The van der Waals surface area contributed by atoms with Gasteiger partial charge in [-0.25, -0.2) is 0 Å². The summed E-state index contributed by atoms with van der Waals surface area (Å²) >= 11 is 0. The summed E-state index contributed by atoms with van der Waals surface area (Å²) in [6, 6.07) is 10.4. The summed E-state index contributed by atoms with van der Waals surface area (Å²) < 4.78 is 23.0. The summed E-state index contributed by atoms with van der Waals surface area (Å²) in [6.07, 6.45) is 34.1. The molecule has 0 aromatic heterocycles. The Hall–Kier alpha value is -1.66. The van der Waals surface area contributed by atoms with Crippen molar-refractivity contribution < 1.29 is 9.30 Å². The van der Waals surface area contributed by atoms with E-state index in [0.717, 1.165) is 71.0 Å². The van der Waals surface area contributed by atoms with Gasteiger partial charge in [0.15, 0.2) is 10.6 Å². The summed E-state index contributed by atoms with van der Waals surface area (Å²) in [4.78, 5) is 0. The summed E-state index contributed by atoms with van der Waals surface area (Å²) in [5.41, 5.74) is 9.12. The van der Waals surface area contributed by atoms with Crippen LogP contribution < -0.4 is 15.3 Å². The standard InChI is InChI=1S/C54H70O2P/c1-31-46(51-19-32-3-33(20-51)5-34(4-32)21-51)15-44(16-47(31)52-22-35-6-36(23-52)8-37(7-35)24-52)57(55)45-17-48(53-25-38-9-39(26-53)11-40(10-38)27-53)50(56-2)49(18-45)54-28-41-12-42(29-54)14-43(13-41)30-54/h15-18,32-43H,3-14,19-30H2,1-2H3/q+1. The largest absolute Gasteiger partial charge is 0.496 e. The van der Waals surface area contributed by atoms with E-state index in [1.54, 1.807) is 16.7 Å². The van der Waals surface area contributed by atoms with Crippen LogP contribution in [0, 0.1) is 77.9 Å². The molecule has 2 nitrogen and oxygen atoms in total. The van der Waals surface area contributed by atoms with Gasteiger partial charge in [-0.15, -0.1) is 0 Å². The van der Waals surface area contributed by atoms with Crippen molar-refractivity contribution in [2.24, 2.45) is 71.0 Å². The normalized spacial score (nSPS) is 50.3. The molecule has 0 heterocycles. The molecule has 0 spiro atoms. The van der Waals surface area contributed by atoms with Gasteiger partial charge in [0.1, 0.15) is 5.75 Å². The fourth-order valence-electron chi connectivity index (χ4n) is 21.6. The molecule has 16 aliphatic rings. The van der Waals surface area contributed by atoms with E-state index in [1.807, 2.05) is 7.11 Å². The van der Waals surface area contributed by atoms with Gasteiger partial charge >= 0.3 is 7.80 Å². The lowest BCUT2D eigenvalue weighted by molar-refractivity contribution is -0.0102. The van der Waals surface area contributed by atoms with E-state index in [2.05, 4.69) is 31.2 Å². The first-order valence-electron chi connectivity index (χ1n) is 25.0. The smallest absolute Gasteiger partial charge is 0.415 e. The van der Waals surface area contributed by atoms with E-state index in [9.17, 15) is 0 Å². The highest BCUT2D eigenvalue weighted by Gasteiger charge is 2.59. The molecule has 0 amide bonds. The van der Waals surface area contributed by atoms with Crippen molar-refractivity contribution in [1.29, 1.82) is 0 Å². The molecule has 0 aliphatic heterocycles. The van der Waals surface area contributed by atoms with Gasteiger partial charge in [-0.05, 0) is 295 Å². The molecule has 57 heavy (non-hydrogen) atoms. The molecule has 18 rings (SSSR count). The number of hydrogen-bond acceptors (Lipinski definition) is 2. The second-order valence-corrected chi connectivity index (χ2v) is 26.9. The average molecular weight is 782 g/mol. The molecule has 2 aromatic carbocycles. The summed E-state index contributed by atoms with van der Waals surface area (Å²) in [7, 11) is 0.276. The van der Waals surface area contributed by atoms with Crippen LogP contribution in [0.15, 0.2) is 24.3 Å². The van der Waals surface area contributed by atoms with Gasteiger partial charge < -0.3 is 4.74 Å². The zero-order valence-electron chi connectivity index (χ0n) is 35.5. The second kappa shape index (κ2) is 11.8. The topological polar surface area (TPSA) is 26.3 Å². The lowest BCUT2D eigenvalue weighted by atomic mass is 9.46. The Morgan fingerprint density at radius 1 is 0.404 bits per heavy atom. The maximum atomic E-state index is 16.2. The Morgan fingerprint density at radius 3 is 0.842 bits per heavy atom. The minimum absolute atomic E-state index is 0.214. The zero-order chi connectivity index (χ0) is 37.6. The highest BCUT2D eigenvalue weighted by atomic mass is 31.1. The van der Waals surface area contributed by atoms with Crippen LogP contribution in [0.25, 0.3) is 0 Å². The minimum atomic E-state index is -1.74. The van der Waals surface area contributed by atoms with Crippen LogP contribution >= 0.6 is 7.80 Å². The molecule has 0 N–H and O–H groups in total. The third-order valence-electron chi connectivity index (χ3n) is 21.6. The number of ether oxygens (including phenoxy) is 1. The van der Waals surface area contributed by atoms with Crippen LogP contribution in [0.3, 0.4) is 0 Å². The third kappa shape index (κ3) is 5.01. The van der Waals surface area contributed by atoms with Crippen LogP contribution in [0.1, 0.15) is 182 Å². The summed E-state index contributed by atoms with van der Waals surface area (Å²) in [5.74, 6) is 12.1. The van der Waals surface area contributed by atoms with Gasteiger partial charge in [0.05, 0.1) is 7.11 Å². The molecular weight excluding hydrogens is 712 g/mol. The third-order valence-corrected chi connectivity index (χ3v) is 23.0. The molecule has 302 valence electrons. The summed E-state index contributed by atoms with van der Waals surface area (Å²) in [5, 5.41) is 2.39. The van der Waals surface area contributed by atoms with Gasteiger partial charge in [0, 0.05) is 11.1 Å². The van der Waals surface area contributed by atoms with Crippen molar-refractivity contribution in [3.63, 3.8) is 0 Å². The second-order valence-electron chi connectivity index (χ2n) is 25.3. The molecule has 0 radical (unpaired) electrons. The molecule has 1 unspecified atom stereocenters. The number of benzene rings is 2. The highest BCUT2D eigenvalue weighted by molar-refractivity contribution is 7.61. The van der Waals surface area contributed by atoms with E-state index >= 15 is 4.57 Å². The molecule has 16 saturated carbocycles. The Bertz CT molecular complexity index is 1800. The van der Waals surface area contributed by atoms with Crippen molar-refractivity contribution in [3.8, 4) is 5.75 Å². The number of rotatable bonds is 7. The predicted molar refractivity (Wildman–Crippen MR) is 230 cm³/mol. The van der Waals surface area contributed by atoms with Crippen LogP contribution in [0.2, 0.25) is 0 Å². The molecule has 1 atom stereocenters. The van der Waals surface area contributed by atoms with E-state index < -0.39 is 7.80 Å². The van der Waals surface area contributed by atoms with Gasteiger partial charge in [-0.1, -0.05) is 4.57 Å². The average Bonchev–Trinajstić information content (AvgIpc) is 3.15. The molecule has 0 saturated heterocycles. The minimum Gasteiger partial charge on any atom is -0.496 e. The Balaban J connectivity index is 0.958. The van der Waals surface area contributed by atoms with Crippen molar-refractivity contribution in [1.82, 2.24) is 0 Å². The quantitative estimate of drug-likeness (QED) is 0.262. The first-order valence-corrected chi connectivity index (χ1v) is 26.3. The number of methoxy groups -OCH3 is 1. The first-order chi connectivity index (χ1) is 27.6. The van der Waals surface area contributed by atoms with Crippen LogP contribution in [0.4, 0.5) is 0 Å². The lowest BCUT2D eigenvalue weighted by Gasteiger charge is -2.59. The van der Waals surface area contributed by atoms with Gasteiger partial charge in [-0.2, -0.15) is 0 Å². The van der Waals surface area contributed by atoms with Gasteiger partial charge in [0.25, 0.3) is 0 Å². The van der Waals surface area contributed by atoms with Crippen molar-refractivity contribution in [3.05, 3.63) is 52.1 Å². The molecule has 3 heteroatoms. The van der Waals surface area contributed by atoms with Crippen LogP contribution in [-0.2, 0) is 26.2 Å². The molecular formula is C54H70O2P+. The predicted octanol–water partition coefficient (Wildman–Crippen LogP) is 12.7. The molecule has 16 bridgehead atoms. The fourth-order valence-corrected chi connectivity index (χ4v) is 22.9. The van der Waals surface area contributed by atoms with Crippen LogP contribution in [0.5, 0.6) is 5.75 Å². The van der Waals surface area contributed by atoms with Crippen molar-refractivity contribution >= 4 is 18.4 Å². The van der Waals surface area contributed by atoms with Crippen molar-refractivity contribution in [2.75, 3.05) is 7.11 Å². The van der Waals surface area contributed by atoms with Gasteiger partial charge in [-0.3, -0.25) is 0 Å². The van der Waals surface area contributed by atoms with E-state index in [-0.39, 0.29) is 10.8 Å². The highest BCUT2D eigenvalue weighted by Crippen LogP contribution is 2.67. The summed E-state index contributed by atoms with van der Waals surface area (Å²) in [6.45, 7) is 2.57. The molecule has 16 aliphatic carbocycles. The monoisotopic (exact) mass is 782 g/mol. The Kier molecular flexibility index (Phi) is 7.26. The molecule has 16 fully saturated rings. The Morgan fingerprint density at radius 2 is 0.614 bits per heavy atom. The van der Waals surface area contributed by atoms with E-state index in [4.69, 9.17) is 4.74 Å². The SMILES string of the molecule is COc1c(C23CC4CC(CC(C4)C2)C3)cc([P+](=O)c2cc(C34CC5CC(CC(C5)C3)C4)c(C)c(C34CC5CC(CC(C5)C3)C4)c2)cc1C12CC3CC(CC(C3)C1)C2. The van der Waals surface area contributed by atoms with Gasteiger partial charge in [0.2, 0.25) is 0 Å². The van der Waals surface area contributed by atoms with Crippen molar-refractivity contribution in [2.45, 2.75) is 183 Å². The fraction of sp³-hybridized carbons (Fsp3) is 0.778. The number of hydrogen-bond donors (Lipinski definition) is 0. The zero-order valence-corrected chi connectivity index (χ0v) is 36.4. The van der Waals surface area contributed by atoms with E-state index in [1.165, 1.54) is 182 Å². The molecule has 2 aromatic rings.